The maximum absolute atomic E-state index is 13.8. The molecule has 1 atom stereocenters. The largest absolute Gasteiger partial charge is 0.497 e. The summed E-state index contributed by atoms with van der Waals surface area (Å²) in [6.07, 6.45) is 2.04. The van der Waals surface area contributed by atoms with Gasteiger partial charge in [0.15, 0.2) is 10.8 Å². The van der Waals surface area contributed by atoms with Gasteiger partial charge in [-0.3, -0.25) is 0 Å². The Morgan fingerprint density at radius 1 is 1.21 bits per heavy atom. The first-order chi connectivity index (χ1) is 18.4. The minimum absolute atomic E-state index is 0.0551. The second-order valence-electron chi connectivity index (χ2n) is 10.5. The third-order valence-corrected chi connectivity index (χ3v) is 8.74. The van der Waals surface area contributed by atoms with Crippen LogP contribution in [0, 0.1) is 6.92 Å². The molecule has 3 heterocycles. The maximum atomic E-state index is 13.8. The first-order valence-electron chi connectivity index (χ1n) is 12.6. The number of hydrogen-bond donors (Lipinski definition) is 0. The molecule has 0 saturated carbocycles. The molecule has 3 aromatic rings. The first-order valence-corrected chi connectivity index (χ1v) is 15.0. The predicted octanol–water partition coefficient (Wildman–Crippen LogP) is 4.70. The summed E-state index contributed by atoms with van der Waals surface area (Å²) in [6.45, 7) is 8.62. The molecule has 1 fully saturated rings. The summed E-state index contributed by atoms with van der Waals surface area (Å²) in [5.41, 5.74) is 3.41. The fourth-order valence-corrected chi connectivity index (χ4v) is 6.42. The number of likely N-dealkylation sites (tertiary alicyclic amines) is 1. The van der Waals surface area contributed by atoms with Gasteiger partial charge in [0, 0.05) is 31.6 Å². The average molecular weight is 574 g/mol. The van der Waals surface area contributed by atoms with Crippen molar-refractivity contribution in [2.45, 2.75) is 57.3 Å². The lowest BCUT2D eigenvalue weighted by Crippen LogP contribution is -2.39. The molecule has 0 spiro atoms. The van der Waals surface area contributed by atoms with Gasteiger partial charge in [0.2, 0.25) is 0 Å². The highest BCUT2D eigenvalue weighted by Crippen LogP contribution is 2.30. The van der Waals surface area contributed by atoms with Crippen LogP contribution in [-0.4, -0.2) is 68.3 Å². The molecule has 210 valence electrons. The van der Waals surface area contributed by atoms with E-state index in [0.29, 0.717) is 24.7 Å². The second-order valence-corrected chi connectivity index (χ2v) is 13.0. The number of sulfonamides is 1. The molecular weight excluding hydrogens is 538 g/mol. The van der Waals surface area contributed by atoms with Gasteiger partial charge in [-0.15, -0.1) is 11.3 Å². The Balaban J connectivity index is 1.54. The molecule has 12 heteroatoms. The zero-order valence-corrected chi connectivity index (χ0v) is 24.8. The standard InChI is InChI=1S/C27H35N5O5S2/c1-19-13-25(28-14-23(19)30(5)21-11-12-31(16-21)26(33)37-27(2,3)4)39(34,35)32(24-17-38-18-29-24)15-20-7-9-22(36-6)10-8-20/h7-10,13-14,17-18,21H,11-12,15-16H2,1-6H3. The molecule has 0 N–H and O–H groups in total. The molecule has 0 aliphatic carbocycles. The second kappa shape index (κ2) is 11.4. The molecule has 1 saturated heterocycles. The number of pyridine rings is 1. The molecule has 1 aliphatic heterocycles. The Labute approximate surface area is 234 Å². The van der Waals surface area contributed by atoms with Crippen LogP contribution >= 0.6 is 11.3 Å². The van der Waals surface area contributed by atoms with Gasteiger partial charge in [-0.05, 0) is 63.4 Å². The van der Waals surface area contributed by atoms with Crippen LogP contribution in [0.5, 0.6) is 5.75 Å². The number of thiazole rings is 1. The smallest absolute Gasteiger partial charge is 0.410 e. The molecule has 1 unspecified atom stereocenters. The van der Waals surface area contributed by atoms with Crippen LogP contribution in [0.15, 0.2) is 52.4 Å². The zero-order valence-electron chi connectivity index (χ0n) is 23.1. The average Bonchev–Trinajstić information content (AvgIpc) is 3.59. The number of aryl methyl sites for hydroxylation is 1. The van der Waals surface area contributed by atoms with Gasteiger partial charge >= 0.3 is 6.09 Å². The van der Waals surface area contributed by atoms with Crippen molar-refractivity contribution in [3.63, 3.8) is 0 Å². The number of aromatic nitrogens is 2. The zero-order chi connectivity index (χ0) is 28.4. The van der Waals surface area contributed by atoms with E-state index >= 15 is 0 Å². The Kier molecular flexibility index (Phi) is 8.36. The van der Waals surface area contributed by atoms with Crippen LogP contribution < -0.4 is 13.9 Å². The number of rotatable bonds is 8. The van der Waals surface area contributed by atoms with Crippen molar-refractivity contribution in [3.8, 4) is 5.75 Å². The van der Waals surface area contributed by atoms with Crippen LogP contribution in [0.2, 0.25) is 0 Å². The van der Waals surface area contributed by atoms with Crippen molar-refractivity contribution >= 4 is 39.0 Å². The molecule has 4 rings (SSSR count). The Morgan fingerprint density at radius 2 is 1.92 bits per heavy atom. The Morgan fingerprint density at radius 3 is 2.51 bits per heavy atom. The van der Waals surface area contributed by atoms with Crippen LogP contribution in [0.25, 0.3) is 0 Å². The Hall–Kier alpha value is -3.38. The van der Waals surface area contributed by atoms with Crippen LogP contribution in [-0.2, 0) is 21.3 Å². The lowest BCUT2D eigenvalue weighted by atomic mass is 10.1. The van der Waals surface area contributed by atoms with E-state index in [-0.39, 0.29) is 23.7 Å². The number of carbonyl (C=O) groups is 1. The topological polar surface area (TPSA) is 105 Å². The highest BCUT2D eigenvalue weighted by molar-refractivity contribution is 7.92. The third kappa shape index (κ3) is 6.62. The van der Waals surface area contributed by atoms with Crippen LogP contribution in [0.4, 0.5) is 16.3 Å². The summed E-state index contributed by atoms with van der Waals surface area (Å²) < 4.78 is 39.6. The number of ether oxygens (including phenoxy) is 2. The van der Waals surface area contributed by atoms with Gasteiger partial charge in [-0.2, -0.15) is 8.42 Å². The van der Waals surface area contributed by atoms with Crippen LogP contribution in [0.3, 0.4) is 0 Å². The van der Waals surface area contributed by atoms with Crippen molar-refractivity contribution in [1.29, 1.82) is 0 Å². The summed E-state index contributed by atoms with van der Waals surface area (Å²) in [4.78, 5) is 24.9. The maximum Gasteiger partial charge on any atom is 0.410 e. The molecule has 1 amide bonds. The predicted molar refractivity (Wildman–Crippen MR) is 152 cm³/mol. The van der Waals surface area contributed by atoms with E-state index in [4.69, 9.17) is 9.47 Å². The lowest BCUT2D eigenvalue weighted by Gasteiger charge is -2.29. The fraction of sp³-hybridized carbons (Fsp3) is 0.444. The summed E-state index contributed by atoms with van der Waals surface area (Å²) in [5.74, 6) is 1.03. The lowest BCUT2D eigenvalue weighted by molar-refractivity contribution is 0.0292. The summed E-state index contributed by atoms with van der Waals surface area (Å²) >= 11 is 1.32. The van der Waals surface area contributed by atoms with E-state index in [1.165, 1.54) is 15.6 Å². The SMILES string of the molecule is COc1ccc(CN(c2cscn2)S(=O)(=O)c2cc(C)c(N(C)C3CCN(C(=O)OC(C)(C)C)C3)cn2)cc1. The molecule has 2 aromatic heterocycles. The monoisotopic (exact) mass is 573 g/mol. The van der Waals surface area contributed by atoms with Gasteiger partial charge in [0.25, 0.3) is 10.0 Å². The number of amides is 1. The summed E-state index contributed by atoms with van der Waals surface area (Å²) in [7, 11) is -0.492. The highest BCUT2D eigenvalue weighted by atomic mass is 32.2. The van der Waals surface area contributed by atoms with E-state index in [0.717, 1.165) is 23.2 Å². The number of anilines is 2. The number of benzene rings is 1. The molecular formula is C27H35N5O5S2. The summed E-state index contributed by atoms with van der Waals surface area (Å²) in [6, 6.07) is 8.89. The van der Waals surface area contributed by atoms with Gasteiger partial charge in [0.1, 0.15) is 11.4 Å². The van der Waals surface area contributed by atoms with E-state index in [9.17, 15) is 13.2 Å². The van der Waals surface area contributed by atoms with E-state index < -0.39 is 15.6 Å². The Bertz CT molecular complexity index is 1390. The quantitative estimate of drug-likeness (QED) is 0.382. The minimum Gasteiger partial charge on any atom is -0.497 e. The van der Waals surface area contributed by atoms with Gasteiger partial charge in [-0.1, -0.05) is 12.1 Å². The summed E-state index contributed by atoms with van der Waals surface area (Å²) in [5, 5.41) is 1.65. The normalized spacial score (nSPS) is 15.7. The molecule has 0 bridgehead atoms. The van der Waals surface area contributed by atoms with Crippen molar-refractivity contribution < 1.29 is 22.7 Å². The molecule has 0 radical (unpaired) electrons. The molecule has 10 nitrogen and oxygen atoms in total. The number of hydrogen-bond acceptors (Lipinski definition) is 9. The fourth-order valence-electron chi connectivity index (χ4n) is 4.41. The van der Waals surface area contributed by atoms with Gasteiger partial charge in [0.05, 0.1) is 31.0 Å². The van der Waals surface area contributed by atoms with E-state index in [1.807, 2.05) is 46.9 Å². The van der Waals surface area contributed by atoms with Crippen molar-refractivity contribution in [2.75, 3.05) is 36.5 Å². The van der Waals surface area contributed by atoms with E-state index in [1.54, 1.807) is 47.3 Å². The van der Waals surface area contributed by atoms with Crippen molar-refractivity contribution in [2.24, 2.45) is 0 Å². The number of methoxy groups -OCH3 is 1. The molecule has 1 aromatic carbocycles. The number of carbonyl (C=O) groups excluding carboxylic acids is 1. The van der Waals surface area contributed by atoms with Crippen LogP contribution in [0.1, 0.15) is 38.3 Å². The van der Waals surface area contributed by atoms with Crippen molar-refractivity contribution in [3.05, 3.63) is 58.5 Å². The number of likely N-dealkylation sites (N-methyl/N-ethyl adjacent to an activating group) is 1. The first kappa shape index (κ1) is 28.6. The molecule has 1 aliphatic rings. The van der Waals surface area contributed by atoms with Gasteiger partial charge < -0.3 is 19.3 Å². The van der Waals surface area contributed by atoms with Crippen molar-refractivity contribution in [1.82, 2.24) is 14.9 Å². The van der Waals surface area contributed by atoms with Gasteiger partial charge in [-0.25, -0.2) is 19.1 Å². The number of nitrogens with zero attached hydrogens (tertiary/aromatic N) is 5. The minimum atomic E-state index is -4.01. The molecule has 39 heavy (non-hydrogen) atoms. The third-order valence-electron chi connectivity index (χ3n) is 6.52. The highest BCUT2D eigenvalue weighted by Gasteiger charge is 2.33. The van der Waals surface area contributed by atoms with E-state index in [2.05, 4.69) is 14.9 Å².